The van der Waals surface area contributed by atoms with Gasteiger partial charge < -0.3 is 9.47 Å². The van der Waals surface area contributed by atoms with E-state index in [2.05, 4.69) is 4.57 Å². The molecule has 1 aromatic carbocycles. The first-order chi connectivity index (χ1) is 11.9. The minimum atomic E-state index is -3.57. The summed E-state index contributed by atoms with van der Waals surface area (Å²) in [7, 11) is -3.57. The van der Waals surface area contributed by atoms with Crippen molar-refractivity contribution in [3.63, 3.8) is 0 Å². The minimum absolute atomic E-state index is 0.0141. The van der Waals surface area contributed by atoms with Crippen LogP contribution in [0.5, 0.6) is 0 Å². The molecule has 6 nitrogen and oxygen atoms in total. The largest absolute Gasteiger partial charge is 0.349 e. The molecular formula is C18H21N3O3S. The molecule has 0 N–H and O–H groups in total. The van der Waals surface area contributed by atoms with Crippen LogP contribution >= 0.6 is 0 Å². The van der Waals surface area contributed by atoms with Crippen LogP contribution in [0.3, 0.4) is 0 Å². The standard InChI is InChI=1S/C18H21N3O3S/c1-13-17-4-3-8-19(17)10-11-21(13)25(23,24)16-5-6-18-15(12-16)7-9-20(18)14(2)22/h3-6,8,12-13H,7,9-11H2,1-2H3/t13-/m0/s1. The molecule has 0 fully saturated rings. The zero-order valence-corrected chi connectivity index (χ0v) is 15.2. The summed E-state index contributed by atoms with van der Waals surface area (Å²) in [5.74, 6) is -0.0141. The van der Waals surface area contributed by atoms with Crippen LogP contribution in [0.2, 0.25) is 0 Å². The Morgan fingerprint density at radius 2 is 1.96 bits per heavy atom. The molecule has 7 heteroatoms. The molecular weight excluding hydrogens is 338 g/mol. The summed E-state index contributed by atoms with van der Waals surface area (Å²) in [6, 6.07) is 8.83. The highest BCUT2D eigenvalue weighted by atomic mass is 32.2. The molecule has 132 valence electrons. The van der Waals surface area contributed by atoms with Gasteiger partial charge in [-0.05, 0) is 49.2 Å². The Balaban J connectivity index is 1.69. The Morgan fingerprint density at radius 1 is 1.16 bits per heavy atom. The third-order valence-corrected chi connectivity index (χ3v) is 7.19. The number of hydrogen-bond acceptors (Lipinski definition) is 3. The van der Waals surface area contributed by atoms with Gasteiger partial charge in [-0.1, -0.05) is 0 Å². The Bertz CT molecular complexity index is 948. The summed E-state index contributed by atoms with van der Waals surface area (Å²) >= 11 is 0. The van der Waals surface area contributed by atoms with E-state index in [0.29, 0.717) is 31.0 Å². The Morgan fingerprint density at radius 3 is 2.72 bits per heavy atom. The number of sulfonamides is 1. The third-order valence-electron chi connectivity index (χ3n) is 5.22. The molecule has 0 aliphatic carbocycles. The number of benzene rings is 1. The number of anilines is 1. The van der Waals surface area contributed by atoms with Crippen molar-refractivity contribution in [1.29, 1.82) is 0 Å². The van der Waals surface area contributed by atoms with Crippen molar-refractivity contribution >= 4 is 21.6 Å². The maximum absolute atomic E-state index is 13.2. The Hall–Kier alpha value is -2.12. The molecule has 2 aliphatic rings. The van der Waals surface area contributed by atoms with Gasteiger partial charge in [0.25, 0.3) is 0 Å². The van der Waals surface area contributed by atoms with Gasteiger partial charge in [0.1, 0.15) is 0 Å². The van der Waals surface area contributed by atoms with Crippen LogP contribution in [-0.2, 0) is 27.8 Å². The smallest absolute Gasteiger partial charge is 0.243 e. The maximum atomic E-state index is 13.2. The maximum Gasteiger partial charge on any atom is 0.243 e. The molecule has 1 amide bonds. The molecule has 4 rings (SSSR count). The lowest BCUT2D eigenvalue weighted by atomic mass is 10.2. The topological polar surface area (TPSA) is 62.6 Å². The first-order valence-electron chi connectivity index (χ1n) is 8.47. The number of nitrogens with zero attached hydrogens (tertiary/aromatic N) is 3. The summed E-state index contributed by atoms with van der Waals surface area (Å²) in [5, 5.41) is 0. The fraction of sp³-hybridized carbons (Fsp3) is 0.389. The second-order valence-corrected chi connectivity index (χ2v) is 8.52. The SMILES string of the molecule is CC(=O)N1CCc2cc(S(=O)(=O)N3CCn4cccc4[C@@H]3C)ccc21. The number of carbonyl (C=O) groups is 1. The van der Waals surface area contributed by atoms with Crippen molar-refractivity contribution in [2.75, 3.05) is 18.0 Å². The number of aromatic nitrogens is 1. The van der Waals surface area contributed by atoms with Crippen LogP contribution in [0, 0.1) is 0 Å². The lowest BCUT2D eigenvalue weighted by Gasteiger charge is -2.34. The van der Waals surface area contributed by atoms with Gasteiger partial charge in [-0.3, -0.25) is 4.79 Å². The van der Waals surface area contributed by atoms with Crippen LogP contribution in [0.1, 0.15) is 31.1 Å². The van der Waals surface area contributed by atoms with Crippen molar-refractivity contribution in [2.45, 2.75) is 37.8 Å². The molecule has 2 aliphatic heterocycles. The highest BCUT2D eigenvalue weighted by Gasteiger charge is 2.35. The summed E-state index contributed by atoms with van der Waals surface area (Å²) in [6.45, 7) is 5.19. The molecule has 25 heavy (non-hydrogen) atoms. The van der Waals surface area contributed by atoms with Gasteiger partial charge in [-0.25, -0.2) is 8.42 Å². The van der Waals surface area contributed by atoms with Crippen LogP contribution in [0.4, 0.5) is 5.69 Å². The predicted molar refractivity (Wildman–Crippen MR) is 94.9 cm³/mol. The van der Waals surface area contributed by atoms with Crippen molar-refractivity contribution in [3.05, 3.63) is 47.8 Å². The first kappa shape index (κ1) is 16.4. The third kappa shape index (κ3) is 2.49. The monoisotopic (exact) mass is 359 g/mol. The van der Waals surface area contributed by atoms with Crippen LogP contribution < -0.4 is 4.90 Å². The summed E-state index contributed by atoms with van der Waals surface area (Å²) in [5.41, 5.74) is 2.76. The fourth-order valence-electron chi connectivity index (χ4n) is 3.89. The van der Waals surface area contributed by atoms with Gasteiger partial charge in [-0.15, -0.1) is 0 Å². The molecule has 1 aromatic heterocycles. The number of carbonyl (C=O) groups excluding carboxylic acids is 1. The van der Waals surface area contributed by atoms with Crippen molar-refractivity contribution in [2.24, 2.45) is 0 Å². The van der Waals surface area contributed by atoms with Crippen molar-refractivity contribution in [3.8, 4) is 0 Å². The average Bonchev–Trinajstić information content (AvgIpc) is 3.21. The number of rotatable bonds is 2. The van der Waals surface area contributed by atoms with Crippen LogP contribution in [0.25, 0.3) is 0 Å². The number of fused-ring (bicyclic) bond motifs is 2. The second kappa shape index (κ2) is 5.71. The Kier molecular flexibility index (Phi) is 3.73. The number of amides is 1. The van der Waals surface area contributed by atoms with E-state index in [1.54, 1.807) is 27.4 Å². The van der Waals surface area contributed by atoms with E-state index in [9.17, 15) is 13.2 Å². The summed E-state index contributed by atoms with van der Waals surface area (Å²) < 4.78 is 30.0. The zero-order chi connectivity index (χ0) is 17.8. The van der Waals surface area contributed by atoms with Crippen LogP contribution in [0.15, 0.2) is 41.4 Å². The number of hydrogen-bond donors (Lipinski definition) is 0. The molecule has 1 atom stereocenters. The normalized spacial score (nSPS) is 20.4. The van der Waals surface area contributed by atoms with E-state index in [1.165, 1.54) is 6.92 Å². The van der Waals surface area contributed by atoms with E-state index in [0.717, 1.165) is 16.9 Å². The van der Waals surface area contributed by atoms with Crippen molar-refractivity contribution in [1.82, 2.24) is 8.87 Å². The fourth-order valence-corrected chi connectivity index (χ4v) is 5.54. The van der Waals surface area contributed by atoms with Gasteiger partial charge in [0, 0.05) is 44.1 Å². The molecule has 0 radical (unpaired) electrons. The summed E-state index contributed by atoms with van der Waals surface area (Å²) in [6.07, 6.45) is 2.68. The van der Waals surface area contributed by atoms with E-state index in [1.807, 2.05) is 25.3 Å². The van der Waals surface area contributed by atoms with E-state index in [-0.39, 0.29) is 11.9 Å². The van der Waals surface area contributed by atoms with Gasteiger partial charge in [0.2, 0.25) is 15.9 Å². The quantitative estimate of drug-likeness (QED) is 0.825. The highest BCUT2D eigenvalue weighted by molar-refractivity contribution is 7.89. The average molecular weight is 359 g/mol. The summed E-state index contributed by atoms with van der Waals surface area (Å²) in [4.78, 5) is 13.7. The van der Waals surface area contributed by atoms with E-state index >= 15 is 0 Å². The molecule has 0 unspecified atom stereocenters. The molecule has 2 aromatic rings. The van der Waals surface area contributed by atoms with Crippen LogP contribution in [-0.4, -0.2) is 36.3 Å². The van der Waals surface area contributed by atoms with Gasteiger partial charge in [-0.2, -0.15) is 4.31 Å². The molecule has 3 heterocycles. The first-order valence-corrected chi connectivity index (χ1v) is 9.91. The van der Waals surface area contributed by atoms with E-state index < -0.39 is 10.0 Å². The van der Waals surface area contributed by atoms with Crippen molar-refractivity contribution < 1.29 is 13.2 Å². The molecule has 0 bridgehead atoms. The lowest BCUT2D eigenvalue weighted by Crippen LogP contribution is -2.40. The van der Waals surface area contributed by atoms with Gasteiger partial charge in [0.15, 0.2) is 0 Å². The predicted octanol–water partition coefficient (Wildman–Crippen LogP) is 2.16. The molecule has 0 spiro atoms. The highest BCUT2D eigenvalue weighted by Crippen LogP contribution is 2.34. The zero-order valence-electron chi connectivity index (χ0n) is 14.3. The molecule has 0 saturated carbocycles. The van der Waals surface area contributed by atoms with Gasteiger partial charge >= 0.3 is 0 Å². The lowest BCUT2D eigenvalue weighted by molar-refractivity contribution is -0.116. The Labute approximate surface area is 147 Å². The van der Waals surface area contributed by atoms with Gasteiger partial charge in [0.05, 0.1) is 10.9 Å². The van der Waals surface area contributed by atoms with E-state index in [4.69, 9.17) is 0 Å². The molecule has 0 saturated heterocycles. The second-order valence-electron chi connectivity index (χ2n) is 6.63. The minimum Gasteiger partial charge on any atom is -0.349 e.